The summed E-state index contributed by atoms with van der Waals surface area (Å²) in [6.07, 6.45) is 0. The number of rotatable bonds is 3. The maximum atomic E-state index is 13.8. The quantitative estimate of drug-likeness (QED) is 0.902. The first-order valence-corrected chi connectivity index (χ1v) is 7.82. The number of aryl methyl sites for hydroxylation is 1. The molecule has 0 heterocycles. The van der Waals surface area contributed by atoms with Gasteiger partial charge in [0.15, 0.2) is 5.82 Å². The molecule has 0 saturated carbocycles. The molecule has 2 aromatic carbocycles. The Labute approximate surface area is 123 Å². The fourth-order valence-electron chi connectivity index (χ4n) is 1.60. The van der Waals surface area contributed by atoms with Crippen molar-refractivity contribution in [1.82, 2.24) is 0 Å². The zero-order valence-electron chi connectivity index (χ0n) is 10.3. The molecule has 1 N–H and O–H groups in total. The van der Waals surface area contributed by atoms with Crippen molar-refractivity contribution < 1.29 is 17.2 Å². The Bertz CT molecular complexity index is 763. The van der Waals surface area contributed by atoms with E-state index < -0.39 is 27.3 Å². The van der Waals surface area contributed by atoms with Gasteiger partial charge in [-0.05, 0) is 46.6 Å². The van der Waals surface area contributed by atoms with Crippen molar-refractivity contribution in [2.45, 2.75) is 11.8 Å². The summed E-state index contributed by atoms with van der Waals surface area (Å²) in [5, 5.41) is 0. The van der Waals surface area contributed by atoms with Crippen LogP contribution in [0.4, 0.5) is 14.5 Å². The van der Waals surface area contributed by atoms with E-state index in [4.69, 9.17) is 0 Å². The SMILES string of the molecule is Cc1ccc(F)c(NS(=O)(=O)c2ccccc2Br)c1F. The molecule has 7 heteroatoms. The van der Waals surface area contributed by atoms with E-state index in [1.54, 1.807) is 6.07 Å². The summed E-state index contributed by atoms with van der Waals surface area (Å²) in [6, 6.07) is 8.26. The van der Waals surface area contributed by atoms with Gasteiger partial charge in [-0.1, -0.05) is 18.2 Å². The van der Waals surface area contributed by atoms with Crippen LogP contribution >= 0.6 is 15.9 Å². The monoisotopic (exact) mass is 361 g/mol. The molecule has 106 valence electrons. The van der Waals surface area contributed by atoms with Crippen LogP contribution in [0.2, 0.25) is 0 Å². The van der Waals surface area contributed by atoms with Crippen LogP contribution in [-0.2, 0) is 10.0 Å². The van der Waals surface area contributed by atoms with Crippen molar-refractivity contribution in [3.63, 3.8) is 0 Å². The minimum Gasteiger partial charge on any atom is -0.274 e. The molecular formula is C13H10BrF2NO2S. The standard InChI is InChI=1S/C13H10BrF2NO2S/c1-8-6-7-10(15)13(12(8)16)17-20(18,19)11-5-3-2-4-9(11)14/h2-7,17H,1H3. The molecule has 0 aliphatic heterocycles. The number of hydrogen-bond acceptors (Lipinski definition) is 2. The van der Waals surface area contributed by atoms with E-state index in [2.05, 4.69) is 15.9 Å². The third-order valence-corrected chi connectivity index (χ3v) is 5.01. The van der Waals surface area contributed by atoms with Crippen molar-refractivity contribution >= 4 is 31.6 Å². The molecule has 0 aliphatic carbocycles. The van der Waals surface area contributed by atoms with E-state index in [0.717, 1.165) is 6.07 Å². The van der Waals surface area contributed by atoms with Crippen molar-refractivity contribution in [3.8, 4) is 0 Å². The molecule has 0 fully saturated rings. The minimum absolute atomic E-state index is 0.0969. The molecule has 2 rings (SSSR count). The summed E-state index contributed by atoms with van der Waals surface area (Å²) in [7, 11) is -4.08. The maximum Gasteiger partial charge on any atom is 0.263 e. The lowest BCUT2D eigenvalue weighted by molar-refractivity contribution is 0.578. The summed E-state index contributed by atoms with van der Waals surface area (Å²) < 4.78 is 54.0. The lowest BCUT2D eigenvalue weighted by atomic mass is 10.2. The highest BCUT2D eigenvalue weighted by Crippen LogP contribution is 2.27. The summed E-state index contributed by atoms with van der Waals surface area (Å²) >= 11 is 3.09. The molecule has 0 atom stereocenters. The van der Waals surface area contributed by atoms with Crippen LogP contribution in [0.1, 0.15) is 5.56 Å². The largest absolute Gasteiger partial charge is 0.274 e. The van der Waals surface area contributed by atoms with Gasteiger partial charge in [-0.15, -0.1) is 0 Å². The average molecular weight is 362 g/mol. The number of sulfonamides is 1. The molecule has 0 aliphatic rings. The Balaban J connectivity index is 2.50. The first-order chi connectivity index (χ1) is 9.33. The Morgan fingerprint density at radius 3 is 2.40 bits per heavy atom. The van der Waals surface area contributed by atoms with E-state index in [-0.39, 0.29) is 10.5 Å². The Kier molecular flexibility index (Phi) is 4.10. The summed E-state index contributed by atoms with van der Waals surface area (Å²) in [5.41, 5.74) is -0.531. The van der Waals surface area contributed by atoms with Gasteiger partial charge in [0.25, 0.3) is 10.0 Å². The van der Waals surface area contributed by atoms with Crippen LogP contribution in [0.5, 0.6) is 0 Å². The molecule has 3 nitrogen and oxygen atoms in total. The second kappa shape index (κ2) is 5.49. The van der Waals surface area contributed by atoms with Crippen molar-refractivity contribution in [2.24, 2.45) is 0 Å². The topological polar surface area (TPSA) is 46.2 Å². The lowest BCUT2D eigenvalue weighted by Gasteiger charge is -2.12. The zero-order valence-corrected chi connectivity index (χ0v) is 12.7. The molecule has 0 amide bonds. The van der Waals surface area contributed by atoms with Gasteiger partial charge in [0.2, 0.25) is 0 Å². The maximum absolute atomic E-state index is 13.8. The van der Waals surface area contributed by atoms with Gasteiger partial charge < -0.3 is 0 Å². The lowest BCUT2D eigenvalue weighted by Crippen LogP contribution is -2.16. The normalized spacial score (nSPS) is 11.4. The minimum atomic E-state index is -4.08. The fourth-order valence-corrected chi connectivity index (χ4v) is 3.67. The van der Waals surface area contributed by atoms with Gasteiger partial charge in [0.1, 0.15) is 16.4 Å². The molecule has 2 aromatic rings. The molecule has 0 aromatic heterocycles. The number of halogens is 3. The number of anilines is 1. The molecule has 20 heavy (non-hydrogen) atoms. The molecule has 0 unspecified atom stereocenters. The van der Waals surface area contributed by atoms with Gasteiger partial charge in [0, 0.05) is 4.47 Å². The first-order valence-electron chi connectivity index (χ1n) is 5.55. The van der Waals surface area contributed by atoms with Gasteiger partial charge in [-0.3, -0.25) is 4.72 Å². The van der Waals surface area contributed by atoms with E-state index in [0.29, 0.717) is 4.47 Å². The van der Waals surface area contributed by atoms with Crippen LogP contribution < -0.4 is 4.72 Å². The molecule has 0 bridgehead atoms. The number of hydrogen-bond donors (Lipinski definition) is 1. The van der Waals surface area contributed by atoms with Gasteiger partial charge in [-0.2, -0.15) is 0 Å². The molecule has 0 saturated heterocycles. The van der Waals surface area contributed by atoms with Gasteiger partial charge in [0.05, 0.1) is 0 Å². The summed E-state index contributed by atoms with van der Waals surface area (Å²) in [6.45, 7) is 1.42. The Morgan fingerprint density at radius 2 is 1.75 bits per heavy atom. The molecular weight excluding hydrogens is 352 g/mol. The van der Waals surface area contributed by atoms with Gasteiger partial charge in [-0.25, -0.2) is 17.2 Å². The Hall–Kier alpha value is -1.47. The van der Waals surface area contributed by atoms with Crippen LogP contribution in [0.15, 0.2) is 45.8 Å². The van der Waals surface area contributed by atoms with Crippen molar-refractivity contribution in [1.29, 1.82) is 0 Å². The summed E-state index contributed by atoms with van der Waals surface area (Å²) in [5.74, 6) is -1.90. The molecule has 0 radical (unpaired) electrons. The van der Waals surface area contributed by atoms with Gasteiger partial charge >= 0.3 is 0 Å². The smallest absolute Gasteiger partial charge is 0.263 e. The first kappa shape index (κ1) is 14.9. The highest BCUT2D eigenvalue weighted by atomic mass is 79.9. The van der Waals surface area contributed by atoms with E-state index in [9.17, 15) is 17.2 Å². The van der Waals surface area contributed by atoms with E-state index in [1.807, 2.05) is 4.72 Å². The van der Waals surface area contributed by atoms with Crippen LogP contribution in [0.25, 0.3) is 0 Å². The predicted octanol–water partition coefficient (Wildman–Crippen LogP) is 3.84. The van der Waals surface area contributed by atoms with Crippen LogP contribution in [0.3, 0.4) is 0 Å². The second-order valence-electron chi connectivity index (χ2n) is 4.09. The third-order valence-electron chi connectivity index (χ3n) is 2.65. The predicted molar refractivity (Wildman–Crippen MR) is 76.0 cm³/mol. The highest BCUT2D eigenvalue weighted by molar-refractivity contribution is 9.10. The summed E-state index contributed by atoms with van der Waals surface area (Å²) in [4.78, 5) is -0.0969. The van der Waals surface area contributed by atoms with Crippen LogP contribution in [0, 0.1) is 18.6 Å². The molecule has 0 spiro atoms. The third kappa shape index (κ3) is 2.83. The fraction of sp³-hybridized carbons (Fsp3) is 0.0769. The van der Waals surface area contributed by atoms with E-state index >= 15 is 0 Å². The average Bonchev–Trinajstić information content (AvgIpc) is 2.39. The van der Waals surface area contributed by atoms with Crippen molar-refractivity contribution in [2.75, 3.05) is 4.72 Å². The number of nitrogens with one attached hydrogen (secondary N) is 1. The number of benzene rings is 2. The van der Waals surface area contributed by atoms with Crippen LogP contribution in [-0.4, -0.2) is 8.42 Å². The van der Waals surface area contributed by atoms with E-state index in [1.165, 1.54) is 31.2 Å². The zero-order chi connectivity index (χ0) is 14.9. The highest BCUT2D eigenvalue weighted by Gasteiger charge is 2.21. The Morgan fingerprint density at radius 1 is 1.10 bits per heavy atom. The second-order valence-corrected chi connectivity index (χ2v) is 6.59. The van der Waals surface area contributed by atoms with Crippen molar-refractivity contribution in [3.05, 3.63) is 58.1 Å².